The van der Waals surface area contributed by atoms with E-state index in [0.29, 0.717) is 4.73 Å². The maximum atomic E-state index is 3.96. The van der Waals surface area contributed by atoms with Crippen LogP contribution in [0, 0.1) is 0 Å². The molecule has 0 unspecified atom stereocenters. The molecule has 1 rings (SSSR count). The van der Waals surface area contributed by atoms with Gasteiger partial charge in [-0.25, -0.2) is 9.97 Å². The number of aromatic nitrogens is 2. The van der Waals surface area contributed by atoms with Crippen LogP contribution < -0.4 is 4.90 Å². The van der Waals surface area contributed by atoms with Gasteiger partial charge in [-0.3, -0.25) is 0 Å². The Morgan fingerprint density at radius 2 is 1.80 bits per heavy atom. The average Bonchev–Trinajstić information content (AvgIpc) is 1.88. The second-order valence-corrected chi connectivity index (χ2v) is 2.81. The Hall–Kier alpha value is -0.640. The topological polar surface area (TPSA) is 29.0 Å². The van der Waals surface area contributed by atoms with Crippen LogP contribution in [0.4, 0.5) is 5.69 Å². The summed E-state index contributed by atoms with van der Waals surface area (Å²) >= 11 is 3.15. The fourth-order valence-electron chi connectivity index (χ4n) is 0.536. The molecule has 4 heteroatoms. The van der Waals surface area contributed by atoms with Crippen molar-refractivity contribution in [2.24, 2.45) is 0 Å². The fraction of sp³-hybridized carbons (Fsp3) is 0.333. The van der Waals surface area contributed by atoms with Crippen molar-refractivity contribution in [3.05, 3.63) is 17.1 Å². The summed E-state index contributed by atoms with van der Waals surface area (Å²) in [6.45, 7) is 0. The molecular formula is C6H8BrN3. The molecule has 0 amide bonds. The van der Waals surface area contributed by atoms with Crippen molar-refractivity contribution >= 4 is 21.6 Å². The lowest BCUT2D eigenvalue weighted by atomic mass is 10.5. The van der Waals surface area contributed by atoms with Gasteiger partial charge in [0.25, 0.3) is 0 Å². The second kappa shape index (κ2) is 2.96. The van der Waals surface area contributed by atoms with Crippen LogP contribution >= 0.6 is 15.9 Å². The van der Waals surface area contributed by atoms with Gasteiger partial charge in [-0.15, -0.1) is 0 Å². The molecule has 10 heavy (non-hydrogen) atoms. The Morgan fingerprint density at radius 3 is 2.20 bits per heavy atom. The number of halogens is 1. The molecule has 3 nitrogen and oxygen atoms in total. The first-order valence-electron chi connectivity index (χ1n) is 2.85. The third-order valence-corrected chi connectivity index (χ3v) is 1.53. The lowest BCUT2D eigenvalue weighted by Gasteiger charge is -2.09. The van der Waals surface area contributed by atoms with Gasteiger partial charge >= 0.3 is 0 Å². The van der Waals surface area contributed by atoms with Crippen molar-refractivity contribution in [2.45, 2.75) is 0 Å². The molecule has 1 heterocycles. The summed E-state index contributed by atoms with van der Waals surface area (Å²) in [5.41, 5.74) is 1.00. The van der Waals surface area contributed by atoms with Gasteiger partial charge in [0.1, 0.15) is 0 Å². The van der Waals surface area contributed by atoms with Crippen molar-refractivity contribution < 1.29 is 0 Å². The SMILES string of the molecule is CN(C)c1cnc(Br)nc1. The van der Waals surface area contributed by atoms with E-state index in [1.165, 1.54) is 0 Å². The minimum atomic E-state index is 0.623. The maximum absolute atomic E-state index is 3.96. The Balaban J connectivity index is 2.89. The minimum Gasteiger partial charge on any atom is -0.375 e. The second-order valence-electron chi connectivity index (χ2n) is 2.10. The molecule has 0 spiro atoms. The van der Waals surface area contributed by atoms with E-state index in [4.69, 9.17) is 0 Å². The van der Waals surface area contributed by atoms with E-state index < -0.39 is 0 Å². The van der Waals surface area contributed by atoms with Crippen molar-refractivity contribution in [3.8, 4) is 0 Å². The molecule has 0 N–H and O–H groups in total. The highest BCUT2D eigenvalue weighted by Crippen LogP contribution is 2.08. The number of anilines is 1. The molecule has 0 aliphatic rings. The summed E-state index contributed by atoms with van der Waals surface area (Å²) in [4.78, 5) is 9.88. The highest BCUT2D eigenvalue weighted by atomic mass is 79.9. The first-order valence-corrected chi connectivity index (χ1v) is 3.64. The van der Waals surface area contributed by atoms with Gasteiger partial charge in [-0.05, 0) is 15.9 Å². The van der Waals surface area contributed by atoms with E-state index in [0.717, 1.165) is 5.69 Å². The van der Waals surface area contributed by atoms with Crippen LogP contribution in [0.1, 0.15) is 0 Å². The Kier molecular flexibility index (Phi) is 2.21. The molecule has 1 aromatic heterocycles. The third kappa shape index (κ3) is 1.67. The summed E-state index contributed by atoms with van der Waals surface area (Å²) in [5, 5.41) is 0. The van der Waals surface area contributed by atoms with E-state index in [1.54, 1.807) is 12.4 Å². The van der Waals surface area contributed by atoms with Crippen LogP contribution in [-0.2, 0) is 0 Å². The van der Waals surface area contributed by atoms with Gasteiger partial charge in [-0.2, -0.15) is 0 Å². The van der Waals surface area contributed by atoms with E-state index in [2.05, 4.69) is 25.9 Å². The molecule has 0 aliphatic heterocycles. The number of hydrogen-bond acceptors (Lipinski definition) is 3. The molecule has 0 aromatic carbocycles. The predicted octanol–water partition coefficient (Wildman–Crippen LogP) is 1.31. The molecule has 1 aromatic rings. The largest absolute Gasteiger partial charge is 0.375 e. The van der Waals surface area contributed by atoms with Crippen LogP contribution in [-0.4, -0.2) is 24.1 Å². The summed E-state index contributed by atoms with van der Waals surface area (Å²) in [5.74, 6) is 0. The molecule has 0 aliphatic carbocycles. The van der Waals surface area contributed by atoms with Crippen LogP contribution in [0.5, 0.6) is 0 Å². The summed E-state index contributed by atoms with van der Waals surface area (Å²) in [6, 6.07) is 0. The van der Waals surface area contributed by atoms with Gasteiger partial charge in [0.15, 0.2) is 4.73 Å². The minimum absolute atomic E-state index is 0.623. The summed E-state index contributed by atoms with van der Waals surface area (Å²) < 4.78 is 0.623. The van der Waals surface area contributed by atoms with E-state index in [1.807, 2.05) is 19.0 Å². The molecular weight excluding hydrogens is 194 g/mol. The van der Waals surface area contributed by atoms with Crippen LogP contribution in [0.15, 0.2) is 17.1 Å². The zero-order valence-electron chi connectivity index (χ0n) is 5.87. The normalized spacial score (nSPS) is 9.50. The Morgan fingerprint density at radius 1 is 1.30 bits per heavy atom. The van der Waals surface area contributed by atoms with Crippen molar-refractivity contribution in [1.82, 2.24) is 9.97 Å². The molecule has 0 radical (unpaired) electrons. The van der Waals surface area contributed by atoms with E-state index in [9.17, 15) is 0 Å². The van der Waals surface area contributed by atoms with Gasteiger partial charge in [-0.1, -0.05) is 0 Å². The first-order chi connectivity index (χ1) is 4.70. The van der Waals surface area contributed by atoms with E-state index in [-0.39, 0.29) is 0 Å². The molecule has 0 bridgehead atoms. The van der Waals surface area contributed by atoms with Gasteiger partial charge in [0.05, 0.1) is 18.1 Å². The number of rotatable bonds is 1. The molecule has 0 atom stereocenters. The Labute approximate surface area is 68.2 Å². The molecule has 0 fully saturated rings. The van der Waals surface area contributed by atoms with Crippen LogP contribution in [0.2, 0.25) is 0 Å². The number of nitrogens with zero attached hydrogens (tertiary/aromatic N) is 3. The van der Waals surface area contributed by atoms with Gasteiger partial charge in [0, 0.05) is 14.1 Å². The average molecular weight is 202 g/mol. The standard InChI is InChI=1S/C6H8BrN3/c1-10(2)5-3-8-6(7)9-4-5/h3-4H,1-2H3. The quantitative estimate of drug-likeness (QED) is 0.642. The van der Waals surface area contributed by atoms with Crippen LogP contribution in [0.25, 0.3) is 0 Å². The first kappa shape index (κ1) is 7.47. The van der Waals surface area contributed by atoms with Crippen molar-refractivity contribution in [3.63, 3.8) is 0 Å². The van der Waals surface area contributed by atoms with Crippen molar-refractivity contribution in [1.29, 1.82) is 0 Å². The highest BCUT2D eigenvalue weighted by molar-refractivity contribution is 9.10. The maximum Gasteiger partial charge on any atom is 0.196 e. The molecule has 0 saturated carbocycles. The molecule has 0 saturated heterocycles. The van der Waals surface area contributed by atoms with Crippen molar-refractivity contribution in [2.75, 3.05) is 19.0 Å². The lowest BCUT2D eigenvalue weighted by molar-refractivity contribution is 1.04. The van der Waals surface area contributed by atoms with Gasteiger partial charge < -0.3 is 4.90 Å². The summed E-state index contributed by atoms with van der Waals surface area (Å²) in [7, 11) is 3.90. The third-order valence-electron chi connectivity index (χ3n) is 1.12. The van der Waals surface area contributed by atoms with Gasteiger partial charge in [0.2, 0.25) is 0 Å². The van der Waals surface area contributed by atoms with E-state index >= 15 is 0 Å². The zero-order valence-corrected chi connectivity index (χ0v) is 7.46. The summed E-state index contributed by atoms with van der Waals surface area (Å²) in [6.07, 6.45) is 3.52. The number of hydrogen-bond donors (Lipinski definition) is 0. The van der Waals surface area contributed by atoms with Crippen LogP contribution in [0.3, 0.4) is 0 Å². The fourth-order valence-corrected chi connectivity index (χ4v) is 0.741. The Bertz CT molecular complexity index is 207. The lowest BCUT2D eigenvalue weighted by Crippen LogP contribution is -2.09. The highest BCUT2D eigenvalue weighted by Gasteiger charge is 1.94. The zero-order chi connectivity index (χ0) is 7.56. The molecule has 54 valence electrons. The monoisotopic (exact) mass is 201 g/mol. The predicted molar refractivity (Wildman–Crippen MR) is 44.1 cm³/mol. The smallest absolute Gasteiger partial charge is 0.196 e.